The lowest BCUT2D eigenvalue weighted by Gasteiger charge is -2.29. The van der Waals surface area contributed by atoms with E-state index in [0.717, 1.165) is 5.92 Å². The fraction of sp³-hybridized carbons (Fsp3) is 0.778. The van der Waals surface area contributed by atoms with E-state index < -0.39 is 5.60 Å². The Bertz CT molecular complexity index is 170. The molecule has 2 rings (SSSR count). The Morgan fingerprint density at radius 2 is 2.30 bits per heavy atom. The van der Waals surface area contributed by atoms with E-state index in [1.54, 1.807) is 0 Å². The highest BCUT2D eigenvalue weighted by Gasteiger charge is 2.38. The van der Waals surface area contributed by atoms with Crippen LogP contribution in [0.1, 0.15) is 26.2 Å². The van der Waals surface area contributed by atoms with Crippen LogP contribution in [0, 0.1) is 11.8 Å². The molecule has 0 spiro atoms. The summed E-state index contributed by atoms with van der Waals surface area (Å²) in [5, 5.41) is 9.77. The molecule has 0 unspecified atom stereocenters. The second-order valence-corrected chi connectivity index (χ2v) is 3.85. The zero-order valence-electron chi connectivity index (χ0n) is 6.38. The standard InChI is InChI=1S/C9H14O/c1-9(10)5-4-7-2-3-8(9)6-7/h4-5,7-8,10H,2-3,6H2,1H3/t7-,8-,9+/m1/s1. The second-order valence-electron chi connectivity index (χ2n) is 3.85. The minimum atomic E-state index is -0.493. The summed E-state index contributed by atoms with van der Waals surface area (Å²) in [5.41, 5.74) is -0.493. The van der Waals surface area contributed by atoms with Crippen molar-refractivity contribution in [2.24, 2.45) is 11.8 Å². The first-order valence-corrected chi connectivity index (χ1v) is 4.10. The summed E-state index contributed by atoms with van der Waals surface area (Å²) in [4.78, 5) is 0. The molecule has 1 fully saturated rings. The van der Waals surface area contributed by atoms with Crippen LogP contribution in [0.25, 0.3) is 0 Å². The first kappa shape index (κ1) is 6.41. The van der Waals surface area contributed by atoms with Crippen LogP contribution in [-0.2, 0) is 0 Å². The van der Waals surface area contributed by atoms with Crippen molar-refractivity contribution >= 4 is 0 Å². The highest BCUT2D eigenvalue weighted by atomic mass is 16.3. The summed E-state index contributed by atoms with van der Waals surface area (Å²) in [6.45, 7) is 1.93. The van der Waals surface area contributed by atoms with Crippen molar-refractivity contribution in [2.45, 2.75) is 31.8 Å². The third kappa shape index (κ3) is 0.807. The predicted molar refractivity (Wildman–Crippen MR) is 40.6 cm³/mol. The molecule has 1 nitrogen and oxygen atoms in total. The smallest absolute Gasteiger partial charge is 0.0827 e. The number of fused-ring (bicyclic) bond motifs is 2. The summed E-state index contributed by atoms with van der Waals surface area (Å²) in [7, 11) is 0. The van der Waals surface area contributed by atoms with Gasteiger partial charge >= 0.3 is 0 Å². The van der Waals surface area contributed by atoms with E-state index in [0.29, 0.717) is 5.92 Å². The number of hydrogen-bond donors (Lipinski definition) is 1. The van der Waals surface area contributed by atoms with Gasteiger partial charge in [0.05, 0.1) is 5.60 Å². The van der Waals surface area contributed by atoms with Crippen molar-refractivity contribution in [2.75, 3.05) is 0 Å². The van der Waals surface area contributed by atoms with E-state index in [2.05, 4.69) is 6.08 Å². The molecule has 2 bridgehead atoms. The molecule has 56 valence electrons. The first-order valence-electron chi connectivity index (χ1n) is 4.10. The number of aliphatic hydroxyl groups is 1. The topological polar surface area (TPSA) is 20.2 Å². The molecule has 0 aromatic rings. The Balaban J connectivity index is 2.27. The van der Waals surface area contributed by atoms with Gasteiger partial charge in [0.1, 0.15) is 0 Å². The van der Waals surface area contributed by atoms with Gasteiger partial charge in [-0.25, -0.2) is 0 Å². The SMILES string of the molecule is C[C@]1(O)C=C[C@H]2CC[C@@H]1C2. The van der Waals surface area contributed by atoms with Crippen LogP contribution >= 0.6 is 0 Å². The Kier molecular flexibility index (Phi) is 1.19. The van der Waals surface area contributed by atoms with Crippen LogP contribution in [0.4, 0.5) is 0 Å². The highest BCUT2D eigenvalue weighted by molar-refractivity contribution is 5.12. The summed E-state index contributed by atoms with van der Waals surface area (Å²) >= 11 is 0. The van der Waals surface area contributed by atoms with Crippen molar-refractivity contribution in [3.05, 3.63) is 12.2 Å². The Morgan fingerprint density at radius 1 is 1.50 bits per heavy atom. The molecular formula is C9H14O. The molecule has 0 heterocycles. The third-order valence-corrected chi connectivity index (χ3v) is 3.01. The average molecular weight is 138 g/mol. The van der Waals surface area contributed by atoms with Gasteiger partial charge in [0.2, 0.25) is 0 Å². The van der Waals surface area contributed by atoms with E-state index >= 15 is 0 Å². The summed E-state index contributed by atoms with van der Waals surface area (Å²) in [6, 6.07) is 0. The molecule has 0 saturated heterocycles. The van der Waals surface area contributed by atoms with Crippen molar-refractivity contribution in [3.8, 4) is 0 Å². The van der Waals surface area contributed by atoms with E-state index in [-0.39, 0.29) is 0 Å². The molecule has 3 atom stereocenters. The van der Waals surface area contributed by atoms with Gasteiger partial charge in [-0.15, -0.1) is 0 Å². The van der Waals surface area contributed by atoms with Gasteiger partial charge in [0.25, 0.3) is 0 Å². The van der Waals surface area contributed by atoms with Crippen molar-refractivity contribution in [1.82, 2.24) is 0 Å². The molecular weight excluding hydrogens is 124 g/mol. The van der Waals surface area contributed by atoms with Gasteiger partial charge in [-0.1, -0.05) is 12.2 Å². The fourth-order valence-electron chi connectivity index (χ4n) is 2.19. The third-order valence-electron chi connectivity index (χ3n) is 3.01. The maximum atomic E-state index is 9.77. The molecule has 2 aliphatic rings. The zero-order chi connectivity index (χ0) is 7.19. The molecule has 0 aromatic heterocycles. The molecule has 0 radical (unpaired) electrons. The van der Waals surface area contributed by atoms with E-state index in [1.165, 1.54) is 19.3 Å². The van der Waals surface area contributed by atoms with E-state index in [9.17, 15) is 5.11 Å². The average Bonchev–Trinajstić information content (AvgIpc) is 2.26. The second kappa shape index (κ2) is 1.85. The van der Waals surface area contributed by atoms with E-state index in [4.69, 9.17) is 0 Å². The van der Waals surface area contributed by atoms with Crippen LogP contribution in [-0.4, -0.2) is 10.7 Å². The maximum absolute atomic E-state index is 9.77. The summed E-state index contributed by atoms with van der Waals surface area (Å²) in [6.07, 6.45) is 7.88. The number of hydrogen-bond acceptors (Lipinski definition) is 1. The van der Waals surface area contributed by atoms with Crippen molar-refractivity contribution in [1.29, 1.82) is 0 Å². The summed E-state index contributed by atoms with van der Waals surface area (Å²) in [5.74, 6) is 1.33. The van der Waals surface area contributed by atoms with Gasteiger partial charge in [0.15, 0.2) is 0 Å². The predicted octanol–water partition coefficient (Wildman–Crippen LogP) is 1.72. The lowest BCUT2D eigenvalue weighted by Crippen LogP contribution is -2.32. The Hall–Kier alpha value is -0.300. The molecule has 1 N–H and O–H groups in total. The molecule has 0 aromatic carbocycles. The van der Waals surface area contributed by atoms with Gasteiger partial charge in [-0.05, 0) is 38.0 Å². The zero-order valence-corrected chi connectivity index (χ0v) is 6.38. The number of rotatable bonds is 0. The van der Waals surface area contributed by atoms with Crippen molar-refractivity contribution < 1.29 is 5.11 Å². The van der Waals surface area contributed by atoms with Crippen LogP contribution in [0.15, 0.2) is 12.2 Å². The monoisotopic (exact) mass is 138 g/mol. The molecule has 10 heavy (non-hydrogen) atoms. The minimum Gasteiger partial charge on any atom is -0.386 e. The molecule has 1 heteroatoms. The highest BCUT2D eigenvalue weighted by Crippen LogP contribution is 2.42. The number of allylic oxidation sites excluding steroid dienone is 1. The Morgan fingerprint density at radius 3 is 3.00 bits per heavy atom. The van der Waals surface area contributed by atoms with Gasteiger partial charge in [-0.3, -0.25) is 0 Å². The van der Waals surface area contributed by atoms with Crippen LogP contribution in [0.3, 0.4) is 0 Å². The molecule has 2 aliphatic carbocycles. The minimum absolute atomic E-state index is 0.493. The van der Waals surface area contributed by atoms with E-state index in [1.807, 2.05) is 13.0 Å². The summed E-state index contributed by atoms with van der Waals surface area (Å²) < 4.78 is 0. The largest absolute Gasteiger partial charge is 0.386 e. The normalized spacial score (nSPS) is 51.8. The van der Waals surface area contributed by atoms with Crippen LogP contribution in [0.5, 0.6) is 0 Å². The lowest BCUT2D eigenvalue weighted by atomic mass is 9.83. The molecule has 0 aliphatic heterocycles. The fourth-order valence-corrected chi connectivity index (χ4v) is 2.19. The van der Waals surface area contributed by atoms with Gasteiger partial charge < -0.3 is 5.11 Å². The van der Waals surface area contributed by atoms with Gasteiger partial charge in [0, 0.05) is 0 Å². The molecule has 1 saturated carbocycles. The maximum Gasteiger partial charge on any atom is 0.0827 e. The van der Waals surface area contributed by atoms with Crippen LogP contribution < -0.4 is 0 Å². The van der Waals surface area contributed by atoms with Gasteiger partial charge in [-0.2, -0.15) is 0 Å². The molecule has 0 amide bonds. The Labute approximate surface area is 61.8 Å². The van der Waals surface area contributed by atoms with Crippen molar-refractivity contribution in [3.63, 3.8) is 0 Å². The van der Waals surface area contributed by atoms with Crippen LogP contribution in [0.2, 0.25) is 0 Å². The quantitative estimate of drug-likeness (QED) is 0.505. The first-order chi connectivity index (χ1) is 4.68. The lowest BCUT2D eigenvalue weighted by molar-refractivity contribution is 0.0434.